The van der Waals surface area contributed by atoms with E-state index in [1.165, 1.54) is 30.3 Å². The maximum Gasteiger partial charge on any atom is 0.261 e. The van der Waals surface area contributed by atoms with Crippen molar-refractivity contribution in [1.82, 2.24) is 4.98 Å². The van der Waals surface area contributed by atoms with Crippen molar-refractivity contribution >= 4 is 44.5 Å². The Morgan fingerprint density at radius 1 is 0.844 bits per heavy atom. The maximum absolute atomic E-state index is 13.0. The third-order valence-corrected chi connectivity index (χ3v) is 6.24. The third-order valence-electron chi connectivity index (χ3n) is 4.62. The smallest absolute Gasteiger partial charge is 0.261 e. The zero-order valence-corrected chi connectivity index (χ0v) is 18.3. The molecule has 4 rings (SSSR count). The van der Waals surface area contributed by atoms with Gasteiger partial charge in [0.1, 0.15) is 0 Å². The predicted molar refractivity (Wildman–Crippen MR) is 126 cm³/mol. The molecule has 160 valence electrons. The molecule has 0 bridgehead atoms. The molecule has 0 saturated carbocycles. The summed E-state index contributed by atoms with van der Waals surface area (Å²) in [5.74, 6) is -0.332. The summed E-state index contributed by atoms with van der Waals surface area (Å²) >= 11 is 6.08. The zero-order chi connectivity index (χ0) is 22.6. The summed E-state index contributed by atoms with van der Waals surface area (Å²) in [6, 6.07) is 23.0. The van der Waals surface area contributed by atoms with Crippen LogP contribution in [0.1, 0.15) is 15.9 Å². The number of nitrogens with zero attached hydrogens (tertiary/aromatic N) is 1. The summed E-state index contributed by atoms with van der Waals surface area (Å²) in [6.07, 6.45) is 3.33. The van der Waals surface area contributed by atoms with Crippen LogP contribution in [0, 0.1) is 0 Å². The zero-order valence-electron chi connectivity index (χ0n) is 16.7. The number of anilines is 3. The van der Waals surface area contributed by atoms with Crippen LogP contribution in [-0.4, -0.2) is 19.2 Å². The van der Waals surface area contributed by atoms with Crippen molar-refractivity contribution in [2.75, 3.05) is 10.0 Å². The lowest BCUT2D eigenvalue weighted by molar-refractivity contribution is 0.103. The molecule has 32 heavy (non-hydrogen) atoms. The van der Waals surface area contributed by atoms with E-state index in [-0.39, 0.29) is 21.9 Å². The highest BCUT2D eigenvalue weighted by Gasteiger charge is 2.20. The molecule has 0 spiro atoms. The molecule has 0 atom stereocenters. The van der Waals surface area contributed by atoms with E-state index in [1.807, 2.05) is 6.07 Å². The normalized spacial score (nSPS) is 11.0. The van der Waals surface area contributed by atoms with Crippen LogP contribution in [0.25, 0.3) is 0 Å². The minimum Gasteiger partial charge on any atom is -0.354 e. The minimum atomic E-state index is -3.94. The number of nitrogens with one attached hydrogen (secondary N) is 2. The van der Waals surface area contributed by atoms with Crippen LogP contribution in [0.5, 0.6) is 0 Å². The summed E-state index contributed by atoms with van der Waals surface area (Å²) in [4.78, 5) is 17.0. The first-order valence-electron chi connectivity index (χ1n) is 9.62. The van der Waals surface area contributed by atoms with E-state index < -0.39 is 10.0 Å². The molecule has 1 aromatic heterocycles. The molecule has 2 N–H and O–H groups in total. The van der Waals surface area contributed by atoms with Gasteiger partial charge in [-0.05, 0) is 54.6 Å². The largest absolute Gasteiger partial charge is 0.354 e. The fourth-order valence-electron chi connectivity index (χ4n) is 3.06. The van der Waals surface area contributed by atoms with Crippen molar-refractivity contribution < 1.29 is 13.2 Å². The molecular weight excluding hydrogens is 446 g/mol. The Morgan fingerprint density at radius 3 is 2.28 bits per heavy atom. The second kappa shape index (κ2) is 9.21. The summed E-state index contributed by atoms with van der Waals surface area (Å²) < 4.78 is 28.5. The number of ketones is 1. The van der Waals surface area contributed by atoms with Crippen LogP contribution in [0.15, 0.2) is 102 Å². The number of rotatable bonds is 7. The quantitative estimate of drug-likeness (QED) is 0.353. The van der Waals surface area contributed by atoms with Crippen LogP contribution >= 0.6 is 11.6 Å². The first kappa shape index (κ1) is 21.5. The molecule has 1 heterocycles. The summed E-state index contributed by atoms with van der Waals surface area (Å²) in [5, 5.41) is 3.48. The average molecular weight is 464 g/mol. The van der Waals surface area contributed by atoms with Gasteiger partial charge in [-0.3, -0.25) is 14.5 Å². The van der Waals surface area contributed by atoms with E-state index in [9.17, 15) is 13.2 Å². The molecule has 0 aliphatic carbocycles. The fraction of sp³-hybridized carbons (Fsp3) is 0. The highest BCUT2D eigenvalue weighted by Crippen LogP contribution is 2.27. The highest BCUT2D eigenvalue weighted by atomic mass is 35.5. The Balaban J connectivity index is 1.59. The maximum atomic E-state index is 13.0. The van der Waals surface area contributed by atoms with Gasteiger partial charge in [0.2, 0.25) is 0 Å². The topological polar surface area (TPSA) is 88.2 Å². The van der Waals surface area contributed by atoms with E-state index in [4.69, 9.17) is 11.6 Å². The van der Waals surface area contributed by atoms with Gasteiger partial charge in [-0.25, -0.2) is 8.42 Å². The van der Waals surface area contributed by atoms with E-state index >= 15 is 0 Å². The molecule has 0 radical (unpaired) electrons. The average Bonchev–Trinajstić information content (AvgIpc) is 2.81. The summed E-state index contributed by atoms with van der Waals surface area (Å²) in [7, 11) is -3.94. The standard InChI is InChI=1S/C24H18ClN3O3S/c25-18-8-13-23(22(15-18)24(29)17-5-2-1-3-6-17)28-32(30,31)21-11-9-19(10-12-21)27-20-7-4-14-26-16-20/h1-16,27-28H. The number of pyridine rings is 1. The van der Waals surface area contributed by atoms with Crippen LogP contribution in [0.2, 0.25) is 5.02 Å². The number of carbonyl (C=O) groups is 1. The lowest BCUT2D eigenvalue weighted by Gasteiger charge is -2.13. The van der Waals surface area contributed by atoms with Crippen LogP contribution < -0.4 is 10.0 Å². The van der Waals surface area contributed by atoms with E-state index in [0.29, 0.717) is 16.3 Å². The van der Waals surface area contributed by atoms with Crippen molar-refractivity contribution in [3.8, 4) is 0 Å². The van der Waals surface area contributed by atoms with E-state index in [2.05, 4.69) is 15.0 Å². The Morgan fingerprint density at radius 2 is 1.59 bits per heavy atom. The number of halogens is 1. The lowest BCUT2D eigenvalue weighted by Crippen LogP contribution is -2.16. The molecule has 0 saturated heterocycles. The van der Waals surface area contributed by atoms with Crippen molar-refractivity contribution in [2.45, 2.75) is 4.90 Å². The fourth-order valence-corrected chi connectivity index (χ4v) is 4.31. The van der Waals surface area contributed by atoms with Crippen molar-refractivity contribution in [3.05, 3.63) is 113 Å². The van der Waals surface area contributed by atoms with Crippen LogP contribution in [0.3, 0.4) is 0 Å². The molecule has 4 aromatic rings. The van der Waals surface area contributed by atoms with Gasteiger partial charge in [0, 0.05) is 28.0 Å². The number of hydrogen-bond donors (Lipinski definition) is 2. The first-order valence-corrected chi connectivity index (χ1v) is 11.5. The molecule has 0 aliphatic rings. The van der Waals surface area contributed by atoms with Gasteiger partial charge in [0.15, 0.2) is 5.78 Å². The van der Waals surface area contributed by atoms with Crippen molar-refractivity contribution in [1.29, 1.82) is 0 Å². The SMILES string of the molecule is O=C(c1ccccc1)c1cc(Cl)ccc1NS(=O)(=O)c1ccc(Nc2cccnc2)cc1. The van der Waals surface area contributed by atoms with Gasteiger partial charge in [-0.2, -0.15) is 0 Å². The Bertz CT molecular complexity index is 1340. The molecular formula is C24H18ClN3O3S. The molecule has 0 amide bonds. The third kappa shape index (κ3) is 4.96. The molecule has 8 heteroatoms. The highest BCUT2D eigenvalue weighted by molar-refractivity contribution is 7.92. The number of benzene rings is 3. The van der Waals surface area contributed by atoms with Gasteiger partial charge in [0.25, 0.3) is 10.0 Å². The minimum absolute atomic E-state index is 0.0577. The van der Waals surface area contributed by atoms with Crippen LogP contribution in [-0.2, 0) is 10.0 Å². The number of sulfonamides is 1. The lowest BCUT2D eigenvalue weighted by atomic mass is 10.0. The van der Waals surface area contributed by atoms with Gasteiger partial charge < -0.3 is 5.32 Å². The Labute approximate surface area is 191 Å². The molecule has 3 aromatic carbocycles. The van der Waals surface area contributed by atoms with Crippen molar-refractivity contribution in [3.63, 3.8) is 0 Å². The molecule has 0 aliphatic heterocycles. The first-order chi connectivity index (χ1) is 15.4. The number of hydrogen-bond acceptors (Lipinski definition) is 5. The Kier molecular flexibility index (Phi) is 6.20. The second-order valence-electron chi connectivity index (χ2n) is 6.88. The summed E-state index contributed by atoms with van der Waals surface area (Å²) in [6.45, 7) is 0. The van der Waals surface area contributed by atoms with Gasteiger partial charge in [0.05, 0.1) is 22.5 Å². The second-order valence-corrected chi connectivity index (χ2v) is 9.00. The van der Waals surface area contributed by atoms with Crippen LogP contribution in [0.4, 0.5) is 17.1 Å². The van der Waals surface area contributed by atoms with E-state index in [0.717, 1.165) is 5.69 Å². The van der Waals surface area contributed by atoms with Gasteiger partial charge in [-0.15, -0.1) is 0 Å². The monoisotopic (exact) mass is 463 g/mol. The summed E-state index contributed by atoms with van der Waals surface area (Å²) in [5.41, 5.74) is 2.25. The van der Waals surface area contributed by atoms with E-state index in [1.54, 1.807) is 60.9 Å². The predicted octanol–water partition coefficient (Wildman–Crippen LogP) is 5.51. The molecule has 0 fully saturated rings. The number of carbonyl (C=O) groups excluding carboxylic acids is 1. The van der Waals surface area contributed by atoms with Gasteiger partial charge in [-0.1, -0.05) is 41.9 Å². The molecule has 0 unspecified atom stereocenters. The van der Waals surface area contributed by atoms with Gasteiger partial charge >= 0.3 is 0 Å². The molecule has 6 nitrogen and oxygen atoms in total. The van der Waals surface area contributed by atoms with Crippen molar-refractivity contribution in [2.24, 2.45) is 0 Å². The number of aromatic nitrogens is 1. The Hall–Kier alpha value is -3.68.